The Labute approximate surface area is 115 Å². The van der Waals surface area contributed by atoms with E-state index in [1.807, 2.05) is 0 Å². The Balaban J connectivity index is 2.12. The monoisotopic (exact) mass is 277 g/mol. The molecule has 2 unspecified atom stereocenters. The topological polar surface area (TPSA) is 101 Å². The minimum atomic E-state index is -0.512. The minimum Gasteiger partial charge on any atom is -0.299 e. The number of nitrogens with one attached hydrogen (secondary N) is 2. The van der Waals surface area contributed by atoms with E-state index in [2.05, 4.69) is 10.6 Å². The molecule has 2 atom stereocenters. The summed E-state index contributed by atoms with van der Waals surface area (Å²) in [6.07, 6.45) is 0.669. The molecule has 1 aromatic rings. The molecule has 0 radical (unpaired) electrons. The minimum absolute atomic E-state index is 0.0137. The average Bonchev–Trinajstić information content (AvgIpc) is 2.41. The van der Waals surface area contributed by atoms with Crippen molar-refractivity contribution in [2.75, 3.05) is 0 Å². The van der Waals surface area contributed by atoms with Crippen LogP contribution in [0.5, 0.6) is 0 Å². The van der Waals surface area contributed by atoms with E-state index in [0.29, 0.717) is 12.0 Å². The SMILES string of the molecule is CC(NC1CCC(=O)NC1=O)c1ccccc1[N+](=O)[O-]. The summed E-state index contributed by atoms with van der Waals surface area (Å²) in [5.74, 6) is -0.668. The molecule has 0 aromatic heterocycles. The summed E-state index contributed by atoms with van der Waals surface area (Å²) in [6.45, 7) is 1.76. The van der Waals surface area contributed by atoms with Crippen molar-refractivity contribution in [1.29, 1.82) is 0 Å². The van der Waals surface area contributed by atoms with E-state index in [4.69, 9.17) is 0 Å². The standard InChI is InChI=1S/C13H15N3O4/c1-8(9-4-2-3-5-11(9)16(19)20)14-10-6-7-12(17)15-13(10)18/h2-5,8,10,14H,6-7H2,1H3,(H,15,17,18). The van der Waals surface area contributed by atoms with Crippen molar-refractivity contribution < 1.29 is 14.5 Å². The predicted molar refractivity (Wildman–Crippen MR) is 70.8 cm³/mol. The molecule has 1 aliphatic heterocycles. The highest BCUT2D eigenvalue weighted by Gasteiger charge is 2.29. The van der Waals surface area contributed by atoms with Gasteiger partial charge in [-0.05, 0) is 13.3 Å². The van der Waals surface area contributed by atoms with Crippen LogP contribution >= 0.6 is 0 Å². The molecule has 1 saturated heterocycles. The number of amides is 2. The highest BCUT2D eigenvalue weighted by atomic mass is 16.6. The van der Waals surface area contributed by atoms with Gasteiger partial charge in [-0.2, -0.15) is 0 Å². The van der Waals surface area contributed by atoms with Gasteiger partial charge in [0.1, 0.15) is 0 Å². The van der Waals surface area contributed by atoms with Crippen molar-refractivity contribution >= 4 is 17.5 Å². The van der Waals surface area contributed by atoms with Gasteiger partial charge in [0.2, 0.25) is 11.8 Å². The van der Waals surface area contributed by atoms with Gasteiger partial charge in [0.05, 0.1) is 11.0 Å². The first-order valence-corrected chi connectivity index (χ1v) is 6.32. The maximum Gasteiger partial charge on any atom is 0.274 e. The van der Waals surface area contributed by atoms with Crippen molar-refractivity contribution in [3.05, 3.63) is 39.9 Å². The van der Waals surface area contributed by atoms with Gasteiger partial charge in [0.25, 0.3) is 5.69 Å². The fourth-order valence-corrected chi connectivity index (χ4v) is 2.26. The molecule has 1 heterocycles. The van der Waals surface area contributed by atoms with E-state index < -0.39 is 11.0 Å². The average molecular weight is 277 g/mol. The number of hydrogen-bond donors (Lipinski definition) is 2. The molecule has 1 aliphatic rings. The third kappa shape index (κ3) is 3.00. The number of nitro benzene ring substituents is 1. The van der Waals surface area contributed by atoms with Crippen LogP contribution in [0.1, 0.15) is 31.4 Å². The number of nitrogens with zero attached hydrogens (tertiary/aromatic N) is 1. The summed E-state index contributed by atoms with van der Waals surface area (Å²) in [6, 6.07) is 5.52. The zero-order valence-corrected chi connectivity index (χ0v) is 11.0. The molecule has 0 aliphatic carbocycles. The zero-order chi connectivity index (χ0) is 14.7. The number of piperidine rings is 1. The number of imide groups is 1. The number of carbonyl (C=O) groups excluding carboxylic acids is 2. The van der Waals surface area contributed by atoms with E-state index in [9.17, 15) is 19.7 Å². The fourth-order valence-electron chi connectivity index (χ4n) is 2.26. The summed E-state index contributed by atoms with van der Waals surface area (Å²) < 4.78 is 0. The Kier molecular flexibility index (Phi) is 4.09. The van der Waals surface area contributed by atoms with Gasteiger partial charge in [0.15, 0.2) is 0 Å². The van der Waals surface area contributed by atoms with Gasteiger partial charge >= 0.3 is 0 Å². The first kappa shape index (κ1) is 14.1. The molecule has 0 bridgehead atoms. The fraction of sp³-hybridized carbons (Fsp3) is 0.385. The van der Waals surface area contributed by atoms with Gasteiger partial charge in [-0.25, -0.2) is 0 Å². The van der Waals surface area contributed by atoms with Crippen molar-refractivity contribution in [3.8, 4) is 0 Å². The van der Waals surface area contributed by atoms with Crippen LogP contribution in [0.4, 0.5) is 5.69 Å². The molecule has 2 amide bonds. The Morgan fingerprint density at radius 3 is 2.75 bits per heavy atom. The summed E-state index contributed by atoms with van der Waals surface area (Å²) in [4.78, 5) is 33.3. The normalized spacial score (nSPS) is 20.4. The van der Waals surface area contributed by atoms with Crippen LogP contribution < -0.4 is 10.6 Å². The summed E-state index contributed by atoms with van der Waals surface area (Å²) in [5, 5.41) is 16.3. The molecule has 106 valence electrons. The summed E-state index contributed by atoms with van der Waals surface area (Å²) >= 11 is 0. The first-order valence-electron chi connectivity index (χ1n) is 6.32. The van der Waals surface area contributed by atoms with Crippen molar-refractivity contribution in [2.45, 2.75) is 31.8 Å². The van der Waals surface area contributed by atoms with Gasteiger partial charge in [0, 0.05) is 24.1 Å². The molecular formula is C13H15N3O4. The van der Waals surface area contributed by atoms with Crippen LogP contribution in [0.2, 0.25) is 0 Å². The van der Waals surface area contributed by atoms with Gasteiger partial charge < -0.3 is 0 Å². The molecule has 0 saturated carbocycles. The Hall–Kier alpha value is -2.28. The summed E-state index contributed by atoms with van der Waals surface area (Å²) in [7, 11) is 0. The third-order valence-corrected chi connectivity index (χ3v) is 3.29. The second-order valence-corrected chi connectivity index (χ2v) is 4.71. The molecule has 1 aromatic carbocycles. The van der Waals surface area contributed by atoms with Crippen molar-refractivity contribution in [3.63, 3.8) is 0 Å². The quantitative estimate of drug-likeness (QED) is 0.486. The number of rotatable bonds is 4. The predicted octanol–water partition coefficient (Wildman–Crippen LogP) is 1.05. The molecule has 7 heteroatoms. The lowest BCUT2D eigenvalue weighted by Crippen LogP contribution is -2.51. The zero-order valence-electron chi connectivity index (χ0n) is 11.0. The molecule has 2 N–H and O–H groups in total. The number of benzene rings is 1. The Morgan fingerprint density at radius 2 is 2.10 bits per heavy atom. The molecule has 20 heavy (non-hydrogen) atoms. The van der Waals surface area contributed by atoms with Crippen LogP contribution in [0.15, 0.2) is 24.3 Å². The lowest BCUT2D eigenvalue weighted by Gasteiger charge is -2.25. The maximum absolute atomic E-state index is 11.7. The molecule has 1 fully saturated rings. The second-order valence-electron chi connectivity index (χ2n) is 4.71. The van der Waals surface area contributed by atoms with Crippen molar-refractivity contribution in [1.82, 2.24) is 10.6 Å². The smallest absolute Gasteiger partial charge is 0.274 e. The molecule has 7 nitrogen and oxygen atoms in total. The summed E-state index contributed by atoms with van der Waals surface area (Å²) in [5.41, 5.74) is 0.530. The Bertz CT molecular complexity index is 558. The number of nitro groups is 1. The van der Waals surface area contributed by atoms with Crippen LogP contribution in [0.25, 0.3) is 0 Å². The van der Waals surface area contributed by atoms with Crippen molar-refractivity contribution in [2.24, 2.45) is 0 Å². The van der Waals surface area contributed by atoms with Crippen LogP contribution in [0, 0.1) is 10.1 Å². The number of hydrogen-bond acceptors (Lipinski definition) is 5. The molecule has 2 rings (SSSR count). The number of para-hydroxylation sites is 1. The largest absolute Gasteiger partial charge is 0.299 e. The van der Waals surface area contributed by atoms with Crippen LogP contribution in [-0.2, 0) is 9.59 Å². The lowest BCUT2D eigenvalue weighted by atomic mass is 10.0. The number of carbonyl (C=O) groups is 2. The van der Waals surface area contributed by atoms with Gasteiger partial charge in [-0.1, -0.05) is 18.2 Å². The van der Waals surface area contributed by atoms with E-state index >= 15 is 0 Å². The van der Waals surface area contributed by atoms with E-state index in [1.165, 1.54) is 6.07 Å². The highest BCUT2D eigenvalue weighted by molar-refractivity contribution is 6.00. The highest BCUT2D eigenvalue weighted by Crippen LogP contribution is 2.25. The first-order chi connectivity index (χ1) is 9.49. The second kappa shape index (κ2) is 5.79. The maximum atomic E-state index is 11.7. The van der Waals surface area contributed by atoms with E-state index in [1.54, 1.807) is 25.1 Å². The Morgan fingerprint density at radius 1 is 1.40 bits per heavy atom. The molecular weight excluding hydrogens is 262 g/mol. The van der Waals surface area contributed by atoms with E-state index in [0.717, 1.165) is 0 Å². The molecule has 0 spiro atoms. The van der Waals surface area contributed by atoms with Crippen LogP contribution in [0.3, 0.4) is 0 Å². The van der Waals surface area contributed by atoms with Gasteiger partial charge in [-0.3, -0.25) is 30.3 Å². The van der Waals surface area contributed by atoms with E-state index in [-0.39, 0.29) is 30.0 Å². The van der Waals surface area contributed by atoms with Gasteiger partial charge in [-0.15, -0.1) is 0 Å². The van der Waals surface area contributed by atoms with Crippen LogP contribution in [-0.4, -0.2) is 22.8 Å². The lowest BCUT2D eigenvalue weighted by molar-refractivity contribution is -0.385. The third-order valence-electron chi connectivity index (χ3n) is 3.29.